The van der Waals surface area contributed by atoms with Gasteiger partial charge in [0.25, 0.3) is 5.91 Å². The van der Waals surface area contributed by atoms with E-state index in [0.717, 1.165) is 6.42 Å². The van der Waals surface area contributed by atoms with Crippen molar-refractivity contribution in [1.29, 1.82) is 0 Å². The summed E-state index contributed by atoms with van der Waals surface area (Å²) in [6, 6.07) is 8.45. The fourth-order valence-corrected chi connectivity index (χ4v) is 2.17. The zero-order chi connectivity index (χ0) is 13.3. The van der Waals surface area contributed by atoms with Crippen molar-refractivity contribution >= 4 is 11.9 Å². The number of aliphatic imine (C=N–C) groups is 1. The standard InChI is InChI=1S/C14H19N3O/c1-8(2)9-3-5-10(6-4-9)11-7-12(11)13(18)17-14(15)16/h3-6,8,11-12H,7H2,1-2H3,(H4,15,16,17,18). The number of amides is 1. The van der Waals surface area contributed by atoms with Crippen LogP contribution in [0.25, 0.3) is 0 Å². The maximum Gasteiger partial charge on any atom is 0.252 e. The van der Waals surface area contributed by atoms with Gasteiger partial charge in [0.15, 0.2) is 5.96 Å². The van der Waals surface area contributed by atoms with Crippen molar-refractivity contribution in [3.05, 3.63) is 35.4 Å². The summed E-state index contributed by atoms with van der Waals surface area (Å²) in [6.07, 6.45) is 0.844. The number of hydrogen-bond acceptors (Lipinski definition) is 1. The van der Waals surface area contributed by atoms with E-state index in [1.807, 2.05) is 0 Å². The van der Waals surface area contributed by atoms with Crippen LogP contribution in [0, 0.1) is 5.92 Å². The Hall–Kier alpha value is -1.84. The van der Waals surface area contributed by atoms with Gasteiger partial charge in [0, 0.05) is 5.92 Å². The van der Waals surface area contributed by atoms with Crippen molar-refractivity contribution in [3.63, 3.8) is 0 Å². The summed E-state index contributed by atoms with van der Waals surface area (Å²) >= 11 is 0. The van der Waals surface area contributed by atoms with Crippen molar-refractivity contribution in [2.24, 2.45) is 22.4 Å². The quantitative estimate of drug-likeness (QED) is 0.628. The zero-order valence-corrected chi connectivity index (χ0v) is 10.8. The highest BCUT2D eigenvalue weighted by atomic mass is 16.1. The van der Waals surface area contributed by atoms with Gasteiger partial charge in [-0.1, -0.05) is 38.1 Å². The molecular formula is C14H19N3O. The molecule has 0 aliphatic heterocycles. The molecule has 1 aliphatic rings. The highest BCUT2D eigenvalue weighted by Gasteiger charge is 2.43. The second-order valence-electron chi connectivity index (χ2n) is 5.14. The van der Waals surface area contributed by atoms with E-state index in [2.05, 4.69) is 43.1 Å². The van der Waals surface area contributed by atoms with Gasteiger partial charge in [-0.15, -0.1) is 0 Å². The van der Waals surface area contributed by atoms with Gasteiger partial charge in [-0.25, -0.2) is 0 Å². The Morgan fingerprint density at radius 1 is 1.28 bits per heavy atom. The monoisotopic (exact) mass is 245 g/mol. The molecule has 18 heavy (non-hydrogen) atoms. The van der Waals surface area contributed by atoms with Gasteiger partial charge in [-0.05, 0) is 29.4 Å². The Bertz CT molecular complexity index is 472. The van der Waals surface area contributed by atoms with Crippen LogP contribution < -0.4 is 11.5 Å². The van der Waals surface area contributed by atoms with Crippen molar-refractivity contribution in [2.75, 3.05) is 0 Å². The second-order valence-corrected chi connectivity index (χ2v) is 5.14. The minimum atomic E-state index is -0.201. The van der Waals surface area contributed by atoms with Crippen LogP contribution >= 0.6 is 0 Å². The fraction of sp³-hybridized carbons (Fsp3) is 0.429. The Labute approximate surface area is 107 Å². The van der Waals surface area contributed by atoms with Crippen LogP contribution in [-0.4, -0.2) is 11.9 Å². The molecule has 4 nitrogen and oxygen atoms in total. The molecule has 1 aromatic carbocycles. The molecular weight excluding hydrogens is 226 g/mol. The first-order valence-electron chi connectivity index (χ1n) is 6.22. The molecule has 1 saturated carbocycles. The molecule has 0 saturated heterocycles. The lowest BCUT2D eigenvalue weighted by atomic mass is 10.00. The molecule has 0 heterocycles. The number of carbonyl (C=O) groups excluding carboxylic acids is 1. The van der Waals surface area contributed by atoms with Crippen LogP contribution in [0.15, 0.2) is 29.3 Å². The number of nitrogens with two attached hydrogens (primary N) is 2. The number of benzene rings is 1. The Morgan fingerprint density at radius 2 is 1.89 bits per heavy atom. The lowest BCUT2D eigenvalue weighted by molar-refractivity contribution is -0.119. The predicted octanol–water partition coefficient (Wildman–Crippen LogP) is 1.71. The summed E-state index contributed by atoms with van der Waals surface area (Å²) in [5, 5.41) is 0. The van der Waals surface area contributed by atoms with Crippen LogP contribution in [0.3, 0.4) is 0 Å². The summed E-state index contributed by atoms with van der Waals surface area (Å²) in [5.74, 6) is 0.407. The molecule has 4 N–H and O–H groups in total. The van der Waals surface area contributed by atoms with E-state index in [1.165, 1.54) is 11.1 Å². The number of hydrogen-bond donors (Lipinski definition) is 2. The maximum absolute atomic E-state index is 11.6. The topological polar surface area (TPSA) is 81.5 Å². The minimum Gasteiger partial charge on any atom is -0.370 e. The van der Waals surface area contributed by atoms with E-state index < -0.39 is 0 Å². The number of nitrogens with zero attached hydrogens (tertiary/aromatic N) is 1. The SMILES string of the molecule is CC(C)c1ccc(C2CC2C(=O)N=C(N)N)cc1. The van der Waals surface area contributed by atoms with Crippen molar-refractivity contribution in [3.8, 4) is 0 Å². The van der Waals surface area contributed by atoms with Crippen LogP contribution in [-0.2, 0) is 4.79 Å². The lowest BCUT2D eigenvalue weighted by Gasteiger charge is -2.06. The normalized spacial score (nSPS) is 21.7. The van der Waals surface area contributed by atoms with Gasteiger partial charge in [0.1, 0.15) is 0 Å². The third kappa shape index (κ3) is 2.70. The molecule has 1 aromatic rings. The summed E-state index contributed by atoms with van der Waals surface area (Å²) in [7, 11) is 0. The smallest absolute Gasteiger partial charge is 0.252 e. The molecule has 0 bridgehead atoms. The Balaban J connectivity index is 2.03. The third-order valence-corrected chi connectivity index (χ3v) is 3.38. The van der Waals surface area contributed by atoms with E-state index in [9.17, 15) is 4.79 Å². The van der Waals surface area contributed by atoms with Gasteiger partial charge in [0.2, 0.25) is 0 Å². The van der Waals surface area contributed by atoms with Crippen molar-refractivity contribution in [1.82, 2.24) is 0 Å². The van der Waals surface area contributed by atoms with Gasteiger partial charge < -0.3 is 11.5 Å². The molecule has 1 aliphatic carbocycles. The summed E-state index contributed by atoms with van der Waals surface area (Å²) < 4.78 is 0. The Morgan fingerprint density at radius 3 is 2.39 bits per heavy atom. The summed E-state index contributed by atoms with van der Waals surface area (Å²) in [6.45, 7) is 4.33. The predicted molar refractivity (Wildman–Crippen MR) is 72.2 cm³/mol. The lowest BCUT2D eigenvalue weighted by Crippen LogP contribution is -2.24. The molecule has 2 rings (SSSR count). The first-order valence-corrected chi connectivity index (χ1v) is 6.22. The van der Waals surface area contributed by atoms with Gasteiger partial charge in [-0.2, -0.15) is 4.99 Å². The molecule has 1 amide bonds. The maximum atomic E-state index is 11.6. The minimum absolute atomic E-state index is 0.0444. The van der Waals surface area contributed by atoms with Crippen LogP contribution in [0.2, 0.25) is 0 Å². The molecule has 0 aromatic heterocycles. The van der Waals surface area contributed by atoms with Crippen LogP contribution in [0.1, 0.15) is 43.2 Å². The molecule has 96 valence electrons. The number of carbonyl (C=O) groups is 1. The third-order valence-electron chi connectivity index (χ3n) is 3.38. The molecule has 2 atom stereocenters. The fourth-order valence-electron chi connectivity index (χ4n) is 2.17. The molecule has 4 heteroatoms. The van der Waals surface area contributed by atoms with E-state index in [4.69, 9.17) is 11.5 Å². The van der Waals surface area contributed by atoms with Gasteiger partial charge in [-0.3, -0.25) is 4.79 Å². The number of rotatable bonds is 3. The highest BCUT2D eigenvalue weighted by molar-refractivity contribution is 5.94. The van der Waals surface area contributed by atoms with Crippen LogP contribution in [0.5, 0.6) is 0 Å². The molecule has 0 spiro atoms. The van der Waals surface area contributed by atoms with Crippen molar-refractivity contribution in [2.45, 2.75) is 32.1 Å². The molecule has 1 fully saturated rings. The number of guanidine groups is 1. The van der Waals surface area contributed by atoms with E-state index in [-0.39, 0.29) is 23.7 Å². The molecule has 0 radical (unpaired) electrons. The average molecular weight is 245 g/mol. The average Bonchev–Trinajstić information content (AvgIpc) is 3.08. The van der Waals surface area contributed by atoms with Crippen LogP contribution in [0.4, 0.5) is 0 Å². The Kier molecular flexibility index (Phi) is 3.36. The summed E-state index contributed by atoms with van der Waals surface area (Å²) in [5.41, 5.74) is 12.9. The van der Waals surface area contributed by atoms with Gasteiger partial charge in [0.05, 0.1) is 0 Å². The first-order chi connectivity index (χ1) is 8.49. The van der Waals surface area contributed by atoms with E-state index in [1.54, 1.807) is 0 Å². The highest BCUT2D eigenvalue weighted by Crippen LogP contribution is 2.48. The molecule has 2 unspecified atom stereocenters. The second kappa shape index (κ2) is 4.80. The van der Waals surface area contributed by atoms with Gasteiger partial charge >= 0.3 is 0 Å². The zero-order valence-electron chi connectivity index (χ0n) is 10.8. The van der Waals surface area contributed by atoms with E-state index in [0.29, 0.717) is 5.92 Å². The summed E-state index contributed by atoms with van der Waals surface area (Å²) in [4.78, 5) is 15.2. The van der Waals surface area contributed by atoms with E-state index >= 15 is 0 Å². The largest absolute Gasteiger partial charge is 0.370 e. The van der Waals surface area contributed by atoms with Crippen molar-refractivity contribution < 1.29 is 4.79 Å². The first kappa shape index (κ1) is 12.6.